The second-order valence-electron chi connectivity index (χ2n) is 4.44. The Morgan fingerprint density at radius 1 is 1.33 bits per heavy atom. The molecule has 18 heavy (non-hydrogen) atoms. The van der Waals surface area contributed by atoms with E-state index in [9.17, 15) is 0 Å². The largest absolute Gasteiger partial charge is 0.377 e. The lowest BCUT2D eigenvalue weighted by Crippen LogP contribution is -2.27. The van der Waals surface area contributed by atoms with Crippen LogP contribution in [0.15, 0.2) is 6.20 Å². The van der Waals surface area contributed by atoms with E-state index in [0.717, 1.165) is 24.3 Å². The molecule has 1 aromatic rings. The predicted molar refractivity (Wildman–Crippen MR) is 68.5 cm³/mol. The van der Waals surface area contributed by atoms with Gasteiger partial charge in [-0.3, -0.25) is 0 Å². The fourth-order valence-electron chi connectivity index (χ4n) is 2.19. The van der Waals surface area contributed by atoms with Crippen LogP contribution in [-0.4, -0.2) is 49.5 Å². The molecule has 6 heteroatoms. The van der Waals surface area contributed by atoms with Crippen molar-refractivity contribution in [3.05, 3.63) is 17.5 Å². The first-order valence-corrected chi connectivity index (χ1v) is 6.02. The van der Waals surface area contributed by atoms with Crippen LogP contribution in [0.5, 0.6) is 0 Å². The molecule has 1 saturated heterocycles. The summed E-state index contributed by atoms with van der Waals surface area (Å²) in [4.78, 5) is 10.9. The third-order valence-electron chi connectivity index (χ3n) is 3.39. The number of anilines is 1. The summed E-state index contributed by atoms with van der Waals surface area (Å²) in [6.07, 6.45) is 1.92. The van der Waals surface area contributed by atoms with Crippen LogP contribution in [0.4, 0.5) is 5.95 Å². The summed E-state index contributed by atoms with van der Waals surface area (Å²) in [5, 5.41) is 0. The number of aryl methyl sites for hydroxylation is 1. The molecule has 0 aliphatic carbocycles. The van der Waals surface area contributed by atoms with Gasteiger partial charge in [-0.1, -0.05) is 0 Å². The zero-order valence-corrected chi connectivity index (χ0v) is 11.1. The number of rotatable bonds is 4. The van der Waals surface area contributed by atoms with Crippen LogP contribution in [0.2, 0.25) is 0 Å². The second kappa shape index (κ2) is 5.60. The zero-order valence-electron chi connectivity index (χ0n) is 11.1. The highest BCUT2D eigenvalue weighted by Gasteiger charge is 2.34. The summed E-state index contributed by atoms with van der Waals surface area (Å²) in [6.45, 7) is 3.91. The fraction of sp³-hybridized carbons (Fsp3) is 0.667. The third-order valence-corrected chi connectivity index (χ3v) is 3.39. The van der Waals surface area contributed by atoms with Crippen molar-refractivity contribution in [1.29, 1.82) is 0 Å². The molecule has 0 radical (unpaired) electrons. The van der Waals surface area contributed by atoms with Gasteiger partial charge in [0.2, 0.25) is 5.95 Å². The molecule has 6 nitrogen and oxygen atoms in total. The van der Waals surface area contributed by atoms with Crippen LogP contribution in [0.1, 0.15) is 11.3 Å². The molecule has 2 heterocycles. The first kappa shape index (κ1) is 13.2. The lowest BCUT2D eigenvalue weighted by atomic mass is 10.2. The Hall–Kier alpha value is -1.24. The molecule has 2 unspecified atom stereocenters. The van der Waals surface area contributed by atoms with Gasteiger partial charge in [0, 0.05) is 51.3 Å². The highest BCUT2D eigenvalue weighted by Crippen LogP contribution is 2.20. The molecule has 1 fully saturated rings. The fourth-order valence-corrected chi connectivity index (χ4v) is 2.19. The van der Waals surface area contributed by atoms with Gasteiger partial charge in [0.05, 0.1) is 0 Å². The normalized spacial score (nSPS) is 23.7. The predicted octanol–water partition coefficient (Wildman–Crippen LogP) is 0.0937. The van der Waals surface area contributed by atoms with Crippen LogP contribution in [0.25, 0.3) is 0 Å². The number of methoxy groups -OCH3 is 2. The van der Waals surface area contributed by atoms with Gasteiger partial charge < -0.3 is 20.1 Å². The van der Waals surface area contributed by atoms with Crippen molar-refractivity contribution in [2.24, 2.45) is 5.73 Å². The van der Waals surface area contributed by atoms with Gasteiger partial charge in [0.1, 0.15) is 12.2 Å². The van der Waals surface area contributed by atoms with E-state index in [2.05, 4.69) is 14.9 Å². The van der Waals surface area contributed by atoms with E-state index in [1.165, 1.54) is 0 Å². The molecule has 0 saturated carbocycles. The number of aromatic nitrogens is 2. The van der Waals surface area contributed by atoms with E-state index in [4.69, 9.17) is 15.2 Å². The summed E-state index contributed by atoms with van der Waals surface area (Å²) >= 11 is 0. The van der Waals surface area contributed by atoms with E-state index in [-0.39, 0.29) is 12.2 Å². The van der Waals surface area contributed by atoms with Gasteiger partial charge in [-0.25, -0.2) is 9.97 Å². The average Bonchev–Trinajstić information content (AvgIpc) is 2.81. The molecule has 0 amide bonds. The molecular weight excluding hydrogens is 232 g/mol. The summed E-state index contributed by atoms with van der Waals surface area (Å²) in [7, 11) is 3.40. The average molecular weight is 252 g/mol. The summed E-state index contributed by atoms with van der Waals surface area (Å²) in [5.41, 5.74) is 7.51. The van der Waals surface area contributed by atoms with Crippen molar-refractivity contribution < 1.29 is 9.47 Å². The molecule has 100 valence electrons. The first-order chi connectivity index (χ1) is 8.69. The number of nitrogens with zero attached hydrogens (tertiary/aromatic N) is 3. The van der Waals surface area contributed by atoms with E-state index in [0.29, 0.717) is 12.5 Å². The Bertz CT molecular complexity index is 401. The number of ether oxygens (including phenoxy) is 2. The monoisotopic (exact) mass is 252 g/mol. The zero-order chi connectivity index (χ0) is 13.1. The van der Waals surface area contributed by atoms with Gasteiger partial charge in [0.25, 0.3) is 0 Å². The van der Waals surface area contributed by atoms with E-state index >= 15 is 0 Å². The minimum Gasteiger partial charge on any atom is -0.377 e. The van der Waals surface area contributed by atoms with Crippen molar-refractivity contribution in [3.63, 3.8) is 0 Å². The van der Waals surface area contributed by atoms with Crippen LogP contribution in [-0.2, 0) is 16.0 Å². The maximum Gasteiger partial charge on any atom is 0.225 e. The van der Waals surface area contributed by atoms with Crippen molar-refractivity contribution in [2.45, 2.75) is 25.7 Å². The molecular formula is C12H20N4O2. The van der Waals surface area contributed by atoms with Gasteiger partial charge in [-0.05, 0) is 6.92 Å². The van der Waals surface area contributed by atoms with Crippen LogP contribution < -0.4 is 10.6 Å². The van der Waals surface area contributed by atoms with Gasteiger partial charge >= 0.3 is 0 Å². The summed E-state index contributed by atoms with van der Waals surface area (Å²) < 4.78 is 10.8. The standard InChI is InChI=1S/C12H20N4O2/c1-8-9(4-13)5-14-12(15-8)16-6-10(17-2)11(7-16)18-3/h5,10-11H,4,6-7,13H2,1-3H3. The summed E-state index contributed by atoms with van der Waals surface area (Å²) in [5.74, 6) is 0.714. The Kier molecular flexibility index (Phi) is 4.11. The lowest BCUT2D eigenvalue weighted by Gasteiger charge is -2.16. The Labute approximate surface area is 107 Å². The van der Waals surface area contributed by atoms with Crippen molar-refractivity contribution >= 4 is 5.95 Å². The number of nitrogens with two attached hydrogens (primary N) is 1. The molecule has 1 aliphatic rings. The van der Waals surface area contributed by atoms with Gasteiger partial charge in [-0.2, -0.15) is 0 Å². The molecule has 1 aromatic heterocycles. The minimum absolute atomic E-state index is 0.0630. The Balaban J connectivity index is 2.15. The lowest BCUT2D eigenvalue weighted by molar-refractivity contribution is -0.00461. The smallest absolute Gasteiger partial charge is 0.225 e. The molecule has 0 spiro atoms. The first-order valence-electron chi connectivity index (χ1n) is 6.02. The van der Waals surface area contributed by atoms with Crippen LogP contribution >= 0.6 is 0 Å². The molecule has 2 atom stereocenters. The van der Waals surface area contributed by atoms with E-state index < -0.39 is 0 Å². The number of hydrogen-bond donors (Lipinski definition) is 1. The topological polar surface area (TPSA) is 73.5 Å². The quantitative estimate of drug-likeness (QED) is 0.819. The highest BCUT2D eigenvalue weighted by molar-refractivity contribution is 5.35. The SMILES string of the molecule is COC1CN(c2ncc(CN)c(C)n2)CC1OC. The van der Waals surface area contributed by atoms with Crippen LogP contribution in [0, 0.1) is 6.92 Å². The maximum atomic E-state index is 5.61. The maximum absolute atomic E-state index is 5.61. The van der Waals surface area contributed by atoms with Gasteiger partial charge in [-0.15, -0.1) is 0 Å². The molecule has 2 rings (SSSR count). The van der Waals surface area contributed by atoms with Crippen molar-refractivity contribution in [2.75, 3.05) is 32.2 Å². The van der Waals surface area contributed by atoms with E-state index in [1.54, 1.807) is 20.4 Å². The third kappa shape index (κ3) is 2.45. The molecule has 0 bridgehead atoms. The van der Waals surface area contributed by atoms with E-state index in [1.807, 2.05) is 6.92 Å². The summed E-state index contributed by atoms with van der Waals surface area (Å²) in [6, 6.07) is 0. The van der Waals surface area contributed by atoms with Gasteiger partial charge in [0.15, 0.2) is 0 Å². The molecule has 1 aliphatic heterocycles. The molecule has 2 N–H and O–H groups in total. The minimum atomic E-state index is 0.0630. The Morgan fingerprint density at radius 3 is 2.39 bits per heavy atom. The molecule has 0 aromatic carbocycles. The highest BCUT2D eigenvalue weighted by atomic mass is 16.5. The van der Waals surface area contributed by atoms with Crippen LogP contribution in [0.3, 0.4) is 0 Å². The Morgan fingerprint density at radius 2 is 1.94 bits per heavy atom. The number of hydrogen-bond acceptors (Lipinski definition) is 6. The van der Waals surface area contributed by atoms with Crippen molar-refractivity contribution in [3.8, 4) is 0 Å². The van der Waals surface area contributed by atoms with Crippen molar-refractivity contribution in [1.82, 2.24) is 9.97 Å². The second-order valence-corrected chi connectivity index (χ2v) is 4.44.